The minimum absolute atomic E-state index is 0.367. The first-order valence-corrected chi connectivity index (χ1v) is 6.28. The van der Waals surface area contributed by atoms with Crippen LogP contribution in [0, 0.1) is 0 Å². The highest BCUT2D eigenvalue weighted by Crippen LogP contribution is 2.01. The molecule has 0 aliphatic heterocycles. The summed E-state index contributed by atoms with van der Waals surface area (Å²) in [6.45, 7) is 12.0. The van der Waals surface area contributed by atoms with E-state index >= 15 is 0 Å². The summed E-state index contributed by atoms with van der Waals surface area (Å²) in [5, 5.41) is 0.926. The van der Waals surface area contributed by atoms with Crippen LogP contribution in [0.1, 0.15) is 0 Å². The van der Waals surface area contributed by atoms with Crippen molar-refractivity contribution in [3.05, 3.63) is 50.6 Å². The lowest BCUT2D eigenvalue weighted by molar-refractivity contribution is -0.352. The Bertz CT molecular complexity index is 451. The lowest BCUT2D eigenvalue weighted by Gasteiger charge is -2.22. The first-order chi connectivity index (χ1) is 11.4. The molecular weight excluding hydrogens is 324 g/mol. The van der Waals surface area contributed by atoms with Crippen LogP contribution in [0.2, 0.25) is 0 Å². The molecule has 10 heteroatoms. The van der Waals surface area contributed by atoms with Crippen LogP contribution in [0.25, 0.3) is 0 Å². The van der Waals surface area contributed by atoms with Crippen LogP contribution in [0.3, 0.4) is 0 Å². The predicted molar refractivity (Wildman–Crippen MR) is 78.6 cm³/mol. The third-order valence-electron chi connectivity index (χ3n) is 1.90. The monoisotopic (exact) mass is 340 g/mol. The Morgan fingerprint density at radius 3 is 0.958 bits per heavy atom. The maximum Gasteiger partial charge on any atom is 0.352 e. The Hall–Kier alpha value is -3.24. The van der Waals surface area contributed by atoms with E-state index in [-0.39, 0.29) is 13.1 Å². The van der Waals surface area contributed by atoms with Gasteiger partial charge in [-0.25, -0.2) is 19.2 Å². The summed E-state index contributed by atoms with van der Waals surface area (Å²) >= 11 is 0. The largest absolute Gasteiger partial charge is 0.352 e. The highest BCUT2D eigenvalue weighted by molar-refractivity contribution is 5.82. The molecule has 0 heterocycles. The number of hydroxylamine groups is 4. The van der Waals surface area contributed by atoms with Gasteiger partial charge in [-0.15, -0.1) is 0 Å². The molecule has 0 saturated carbocycles. The molecule has 0 spiro atoms. The van der Waals surface area contributed by atoms with Crippen molar-refractivity contribution in [2.24, 2.45) is 0 Å². The van der Waals surface area contributed by atoms with Crippen molar-refractivity contribution in [2.75, 3.05) is 13.1 Å². The number of nitrogens with zero attached hydrogens (tertiary/aromatic N) is 2. The third-order valence-corrected chi connectivity index (χ3v) is 1.90. The number of carbonyl (C=O) groups excluding carboxylic acids is 4. The van der Waals surface area contributed by atoms with Crippen molar-refractivity contribution in [3.8, 4) is 0 Å². The second-order valence-electron chi connectivity index (χ2n) is 3.57. The lowest BCUT2D eigenvalue weighted by Crippen LogP contribution is -2.39. The van der Waals surface area contributed by atoms with Crippen LogP contribution in [0.4, 0.5) is 0 Å². The zero-order valence-corrected chi connectivity index (χ0v) is 12.7. The highest BCUT2D eigenvalue weighted by atomic mass is 17.0. The quantitative estimate of drug-likeness (QED) is 0.381. The van der Waals surface area contributed by atoms with Crippen molar-refractivity contribution in [3.63, 3.8) is 0 Å². The van der Waals surface area contributed by atoms with E-state index in [1.165, 1.54) is 0 Å². The second kappa shape index (κ2) is 11.3. The molecule has 0 aliphatic carbocycles. The zero-order valence-electron chi connectivity index (χ0n) is 12.7. The smallest absolute Gasteiger partial charge is 0.329 e. The number of carbonyl (C=O) groups is 4. The maximum absolute atomic E-state index is 11.2. The molecule has 0 bridgehead atoms. The molecule has 0 aromatic heterocycles. The molecule has 0 atom stereocenters. The zero-order chi connectivity index (χ0) is 18.5. The topological polar surface area (TPSA) is 112 Å². The standard InChI is InChI=1S/C14H16N2O8/c1-5-11(17)21-15(22-12(18)6-2)9-10-16(23-13(19)7-3)24-14(20)8-4/h5-8H,1-4,9-10H2. The molecule has 10 nitrogen and oxygen atoms in total. The van der Waals surface area contributed by atoms with Gasteiger partial charge in [-0.05, 0) is 0 Å². The molecule has 0 fully saturated rings. The molecule has 0 aromatic carbocycles. The average molecular weight is 340 g/mol. The van der Waals surface area contributed by atoms with E-state index in [2.05, 4.69) is 45.7 Å². The number of hydrogen-bond donors (Lipinski definition) is 0. The Labute approximate surface area is 137 Å². The van der Waals surface area contributed by atoms with Crippen molar-refractivity contribution in [2.45, 2.75) is 0 Å². The Balaban J connectivity index is 4.89. The fourth-order valence-corrected chi connectivity index (χ4v) is 0.934. The molecule has 24 heavy (non-hydrogen) atoms. The van der Waals surface area contributed by atoms with Gasteiger partial charge in [-0.1, -0.05) is 26.3 Å². The molecule has 130 valence electrons. The summed E-state index contributed by atoms with van der Waals surface area (Å²) < 4.78 is 0. The Morgan fingerprint density at radius 2 is 0.792 bits per heavy atom. The first-order valence-electron chi connectivity index (χ1n) is 6.28. The maximum atomic E-state index is 11.2. The fourth-order valence-electron chi connectivity index (χ4n) is 0.934. The molecular formula is C14H16N2O8. The van der Waals surface area contributed by atoms with E-state index in [4.69, 9.17) is 0 Å². The fraction of sp³-hybridized carbons (Fsp3) is 0.143. The lowest BCUT2D eigenvalue weighted by atomic mass is 10.6. The molecule has 0 rings (SSSR count). The van der Waals surface area contributed by atoms with Crippen molar-refractivity contribution < 1.29 is 38.5 Å². The van der Waals surface area contributed by atoms with E-state index in [1.807, 2.05) is 0 Å². The van der Waals surface area contributed by atoms with Gasteiger partial charge in [0.15, 0.2) is 0 Å². The Kier molecular flexibility index (Phi) is 9.81. The van der Waals surface area contributed by atoms with Crippen LogP contribution in [0.5, 0.6) is 0 Å². The van der Waals surface area contributed by atoms with Gasteiger partial charge < -0.3 is 19.4 Å². The molecule has 0 unspecified atom stereocenters. The van der Waals surface area contributed by atoms with Crippen LogP contribution in [0.15, 0.2) is 50.6 Å². The van der Waals surface area contributed by atoms with Gasteiger partial charge in [0.1, 0.15) is 0 Å². The summed E-state index contributed by atoms with van der Waals surface area (Å²) in [5.74, 6) is -3.71. The van der Waals surface area contributed by atoms with Gasteiger partial charge in [-0.3, -0.25) is 0 Å². The normalized spacial score (nSPS) is 9.58. The summed E-state index contributed by atoms with van der Waals surface area (Å²) in [6, 6.07) is 0. The summed E-state index contributed by atoms with van der Waals surface area (Å²) in [4.78, 5) is 63.2. The van der Waals surface area contributed by atoms with Crippen molar-refractivity contribution in [1.82, 2.24) is 10.5 Å². The van der Waals surface area contributed by atoms with Gasteiger partial charge in [0.25, 0.3) is 0 Å². The Morgan fingerprint density at radius 1 is 0.583 bits per heavy atom. The minimum atomic E-state index is -0.926. The molecule has 0 aromatic rings. The molecule has 0 aliphatic rings. The van der Waals surface area contributed by atoms with Crippen LogP contribution >= 0.6 is 0 Å². The van der Waals surface area contributed by atoms with Gasteiger partial charge in [0.05, 0.1) is 13.1 Å². The first kappa shape index (κ1) is 20.8. The molecule has 0 radical (unpaired) electrons. The van der Waals surface area contributed by atoms with Crippen molar-refractivity contribution >= 4 is 23.9 Å². The summed E-state index contributed by atoms with van der Waals surface area (Å²) in [7, 11) is 0. The third kappa shape index (κ3) is 8.92. The van der Waals surface area contributed by atoms with Gasteiger partial charge >= 0.3 is 23.9 Å². The van der Waals surface area contributed by atoms with E-state index in [9.17, 15) is 19.2 Å². The molecule has 0 N–H and O–H groups in total. The van der Waals surface area contributed by atoms with Crippen LogP contribution in [-0.4, -0.2) is 47.4 Å². The van der Waals surface area contributed by atoms with E-state index in [0.717, 1.165) is 24.3 Å². The highest BCUT2D eigenvalue weighted by Gasteiger charge is 2.20. The van der Waals surface area contributed by atoms with E-state index in [0.29, 0.717) is 10.5 Å². The number of rotatable bonds is 11. The predicted octanol–water partition coefficient (Wildman–Crippen LogP) is 0.167. The van der Waals surface area contributed by atoms with E-state index < -0.39 is 23.9 Å². The van der Waals surface area contributed by atoms with E-state index in [1.54, 1.807) is 0 Å². The number of hydrogen-bond acceptors (Lipinski definition) is 10. The van der Waals surface area contributed by atoms with Crippen LogP contribution < -0.4 is 0 Å². The summed E-state index contributed by atoms with van der Waals surface area (Å²) in [6.07, 6.45) is 3.29. The van der Waals surface area contributed by atoms with Gasteiger partial charge in [-0.2, -0.15) is 0 Å². The second-order valence-corrected chi connectivity index (χ2v) is 3.57. The average Bonchev–Trinajstić information content (AvgIpc) is 2.58. The molecule has 0 amide bonds. The summed E-state index contributed by atoms with van der Waals surface area (Å²) in [5.41, 5.74) is 0. The van der Waals surface area contributed by atoms with Gasteiger partial charge in [0, 0.05) is 34.8 Å². The SMILES string of the molecule is C=CC(=O)ON(CCN(OC(=O)C=C)OC(=O)C=C)OC(=O)C=C. The minimum Gasteiger partial charge on any atom is -0.329 e. The van der Waals surface area contributed by atoms with Gasteiger partial charge in [0.2, 0.25) is 0 Å². The molecule has 0 saturated heterocycles. The van der Waals surface area contributed by atoms with Crippen molar-refractivity contribution in [1.29, 1.82) is 0 Å². The van der Waals surface area contributed by atoms with Crippen LogP contribution in [-0.2, 0) is 38.5 Å².